The topological polar surface area (TPSA) is 29.5 Å². The number of likely N-dealkylation sites (tertiary alicyclic amines) is 1. The highest BCUT2D eigenvalue weighted by molar-refractivity contribution is 5.68. The lowest BCUT2D eigenvalue weighted by Gasteiger charge is -2.32. The zero-order valence-electron chi connectivity index (χ0n) is 12.8. The molecule has 64 valence electrons. The fourth-order valence-electron chi connectivity index (χ4n) is 0.511. The van der Waals surface area contributed by atoms with Crippen LogP contribution in [0.4, 0.5) is 4.79 Å². The molecule has 1 aliphatic heterocycles. The predicted molar refractivity (Wildman–Crippen MR) is 42.4 cm³/mol. The van der Waals surface area contributed by atoms with Gasteiger partial charge in [-0.25, -0.2) is 4.79 Å². The lowest BCUT2D eigenvalue weighted by Crippen LogP contribution is -2.44. The van der Waals surface area contributed by atoms with Crippen molar-refractivity contribution in [1.82, 2.24) is 4.90 Å². The van der Waals surface area contributed by atoms with Crippen molar-refractivity contribution in [2.75, 3.05) is 13.0 Å². The smallest absolute Gasteiger partial charge is 0.410 e. The number of rotatable bonds is 0. The molecule has 3 nitrogen and oxygen atoms in total. The van der Waals surface area contributed by atoms with E-state index in [1.807, 2.05) is 0 Å². The highest BCUT2D eigenvalue weighted by Gasteiger charge is 2.25. The lowest BCUT2D eigenvalue weighted by molar-refractivity contribution is 0.0131. The van der Waals surface area contributed by atoms with Gasteiger partial charge in [0, 0.05) is 21.2 Å². The Balaban J connectivity index is 2.97. The molecular weight excluding hydrogens is 142 g/mol. The third-order valence-corrected chi connectivity index (χ3v) is 0.911. The zero-order chi connectivity index (χ0) is 13.9. The number of hydrogen-bond acceptors (Lipinski definition) is 2. The summed E-state index contributed by atoms with van der Waals surface area (Å²) in [6, 6.07) is 0. The summed E-state index contributed by atoms with van der Waals surface area (Å²) in [7, 11) is 0. The second-order valence-electron chi connectivity index (χ2n) is 3.16. The minimum absolute atomic E-state index is 0.158. The van der Waals surface area contributed by atoms with Gasteiger partial charge in [0.2, 0.25) is 0 Å². The van der Waals surface area contributed by atoms with E-state index in [4.69, 9.17) is 13.0 Å². The largest absolute Gasteiger partial charge is 0.444 e. The van der Waals surface area contributed by atoms with Crippen molar-refractivity contribution >= 4 is 6.09 Å². The number of amides is 1. The Bertz CT molecular complexity index is 330. The van der Waals surface area contributed by atoms with Gasteiger partial charge in [-0.15, -0.1) is 0 Å². The molecule has 0 atom stereocenters. The first-order chi connectivity index (χ1) is 7.25. The van der Waals surface area contributed by atoms with Crippen molar-refractivity contribution in [1.29, 1.82) is 0 Å². The molecule has 11 heavy (non-hydrogen) atoms. The minimum atomic E-state index is -2.77. The van der Waals surface area contributed by atoms with Crippen molar-refractivity contribution in [3.63, 3.8) is 0 Å². The van der Waals surface area contributed by atoms with E-state index in [1.54, 1.807) is 20.8 Å². The Morgan fingerprint density at radius 1 is 1.55 bits per heavy atom. The third kappa shape index (κ3) is 2.41. The molecule has 1 rings (SSSR count). The van der Waals surface area contributed by atoms with Gasteiger partial charge in [0.1, 0.15) is 5.60 Å². The van der Waals surface area contributed by atoms with Crippen LogP contribution in [0.1, 0.15) is 35.4 Å². The number of carbonyl (C=O) groups excluding carboxylic acids is 1. The molecule has 0 radical (unpaired) electrons. The first-order valence-corrected chi connectivity index (χ1v) is 3.28. The standard InChI is InChI=1S/C8H15NO2/c1-8(2,3)11-7(10)9-5-4-6-9/h4-6H2,1-3H3/i4D2,5D2,6D2. The van der Waals surface area contributed by atoms with Crippen molar-refractivity contribution in [2.24, 2.45) is 0 Å². The highest BCUT2D eigenvalue weighted by atomic mass is 16.6. The van der Waals surface area contributed by atoms with E-state index in [-0.39, 0.29) is 4.90 Å². The fraction of sp³-hybridized carbons (Fsp3) is 0.875. The van der Waals surface area contributed by atoms with Crippen LogP contribution in [0.15, 0.2) is 0 Å². The average molecular weight is 163 g/mol. The van der Waals surface area contributed by atoms with Crippen molar-refractivity contribution in [3.05, 3.63) is 0 Å². The molecule has 1 saturated heterocycles. The van der Waals surface area contributed by atoms with Crippen LogP contribution in [0.2, 0.25) is 0 Å². The zero-order valence-corrected chi connectivity index (χ0v) is 6.76. The Hall–Kier alpha value is -0.730. The lowest BCUT2D eigenvalue weighted by atomic mass is 10.2. The number of ether oxygens (including phenoxy) is 1. The van der Waals surface area contributed by atoms with E-state index < -0.39 is 31.1 Å². The summed E-state index contributed by atoms with van der Waals surface area (Å²) in [4.78, 5) is 11.8. The van der Waals surface area contributed by atoms with E-state index in [9.17, 15) is 4.79 Å². The maximum atomic E-state index is 11.6. The normalized spacial score (nSPS) is 39.4. The molecule has 0 unspecified atom stereocenters. The second-order valence-corrected chi connectivity index (χ2v) is 3.16. The van der Waals surface area contributed by atoms with Crippen LogP contribution in [0.5, 0.6) is 0 Å². The summed E-state index contributed by atoms with van der Waals surface area (Å²) in [6.45, 7) is -0.767. The Morgan fingerprint density at radius 2 is 2.09 bits per heavy atom. The molecule has 1 heterocycles. The molecule has 1 fully saturated rings. The summed E-state index contributed by atoms with van der Waals surface area (Å²) in [5.74, 6) is 0. The molecule has 0 aliphatic carbocycles. The molecule has 0 aromatic rings. The monoisotopic (exact) mass is 163 g/mol. The average Bonchev–Trinajstić information content (AvgIpc) is 1.97. The predicted octanol–water partition coefficient (Wildman–Crippen LogP) is 1.63. The minimum Gasteiger partial charge on any atom is -0.444 e. The Morgan fingerprint density at radius 3 is 2.55 bits per heavy atom. The first kappa shape index (κ1) is 3.33. The van der Waals surface area contributed by atoms with Crippen LogP contribution in [-0.2, 0) is 4.74 Å². The summed E-state index contributed by atoms with van der Waals surface area (Å²) in [5.41, 5.74) is -0.897. The van der Waals surface area contributed by atoms with Crippen molar-refractivity contribution < 1.29 is 17.8 Å². The molecule has 0 spiro atoms. The first-order valence-electron chi connectivity index (χ1n) is 6.28. The van der Waals surface area contributed by atoms with E-state index in [1.165, 1.54) is 0 Å². The maximum absolute atomic E-state index is 11.6. The molecule has 0 aromatic carbocycles. The van der Waals surface area contributed by atoms with Gasteiger partial charge in [-0.2, -0.15) is 0 Å². The number of nitrogens with zero attached hydrogens (tertiary/aromatic N) is 1. The van der Waals surface area contributed by atoms with Gasteiger partial charge in [0.15, 0.2) is 0 Å². The molecular formula is C8H15NO2. The van der Waals surface area contributed by atoms with Gasteiger partial charge in [0.05, 0.1) is 0 Å². The van der Waals surface area contributed by atoms with Crippen LogP contribution >= 0.6 is 0 Å². The fourth-order valence-corrected chi connectivity index (χ4v) is 0.511. The van der Waals surface area contributed by atoms with Gasteiger partial charge in [-0.05, 0) is 27.1 Å². The summed E-state index contributed by atoms with van der Waals surface area (Å²) in [6.07, 6.45) is -3.97. The summed E-state index contributed by atoms with van der Waals surface area (Å²) >= 11 is 0. The van der Waals surface area contributed by atoms with Crippen molar-refractivity contribution in [2.45, 2.75) is 32.7 Å². The molecule has 3 heteroatoms. The van der Waals surface area contributed by atoms with Gasteiger partial charge < -0.3 is 9.64 Å². The number of carbonyl (C=O) groups is 1. The van der Waals surface area contributed by atoms with Crippen LogP contribution < -0.4 is 0 Å². The van der Waals surface area contributed by atoms with E-state index in [2.05, 4.69) is 0 Å². The van der Waals surface area contributed by atoms with Gasteiger partial charge in [-0.3, -0.25) is 0 Å². The molecule has 1 amide bonds. The summed E-state index contributed by atoms with van der Waals surface area (Å²) < 4.78 is 49.0. The third-order valence-electron chi connectivity index (χ3n) is 0.911. The van der Waals surface area contributed by atoms with Gasteiger partial charge >= 0.3 is 6.09 Å². The van der Waals surface area contributed by atoms with Gasteiger partial charge in [-0.1, -0.05) is 0 Å². The van der Waals surface area contributed by atoms with Crippen molar-refractivity contribution in [3.8, 4) is 0 Å². The van der Waals surface area contributed by atoms with Crippen LogP contribution in [0.3, 0.4) is 0 Å². The molecule has 1 aliphatic rings. The molecule has 0 N–H and O–H groups in total. The van der Waals surface area contributed by atoms with E-state index in [0.717, 1.165) is 0 Å². The van der Waals surface area contributed by atoms with Crippen LogP contribution in [-0.4, -0.2) is 29.6 Å². The Kier molecular flexibility index (Phi) is 0.824. The molecule has 0 aromatic heterocycles. The molecule has 0 bridgehead atoms. The number of hydrogen-bond donors (Lipinski definition) is 0. The maximum Gasteiger partial charge on any atom is 0.410 e. The van der Waals surface area contributed by atoms with E-state index in [0.29, 0.717) is 0 Å². The van der Waals surface area contributed by atoms with Crippen LogP contribution in [0, 0.1) is 0 Å². The quantitative estimate of drug-likeness (QED) is 0.543. The van der Waals surface area contributed by atoms with E-state index >= 15 is 0 Å². The SMILES string of the molecule is [2H]C1([2H])N(C(=O)OC(C)(C)C)C([2H])([2H])C1([2H])[2H]. The van der Waals surface area contributed by atoms with Crippen LogP contribution in [0.25, 0.3) is 0 Å². The molecule has 0 saturated carbocycles. The van der Waals surface area contributed by atoms with Gasteiger partial charge in [0.25, 0.3) is 0 Å². The second kappa shape index (κ2) is 2.72. The highest BCUT2D eigenvalue weighted by Crippen LogP contribution is 2.13. The summed E-state index contributed by atoms with van der Waals surface area (Å²) in [5, 5.41) is 0. The Labute approximate surface area is 75.8 Å².